The average molecular weight is 254 g/mol. The highest BCUT2D eigenvalue weighted by Crippen LogP contribution is 2.32. The number of fused-ring (bicyclic) bond motifs is 1. The number of nitrogens with zero attached hydrogens (tertiary/aromatic N) is 1. The molecule has 1 amide bonds. The lowest BCUT2D eigenvalue weighted by atomic mass is 10.1. The first-order valence-corrected chi connectivity index (χ1v) is 6.32. The molecular formula is C14H10N2OS. The third-order valence-corrected chi connectivity index (χ3v) is 3.83. The summed E-state index contributed by atoms with van der Waals surface area (Å²) in [5.74, 6) is -0.477. The molecule has 0 spiro atoms. The van der Waals surface area contributed by atoms with Crippen LogP contribution in [-0.4, -0.2) is 10.9 Å². The van der Waals surface area contributed by atoms with Gasteiger partial charge in [-0.25, -0.2) is 4.98 Å². The van der Waals surface area contributed by atoms with E-state index < -0.39 is 5.91 Å². The van der Waals surface area contributed by atoms with E-state index in [0.29, 0.717) is 5.01 Å². The maximum atomic E-state index is 11.2. The van der Waals surface area contributed by atoms with Gasteiger partial charge in [0.1, 0.15) is 0 Å². The van der Waals surface area contributed by atoms with E-state index in [1.54, 1.807) is 0 Å². The minimum absolute atomic E-state index is 0.355. The van der Waals surface area contributed by atoms with Crippen molar-refractivity contribution < 1.29 is 4.79 Å². The van der Waals surface area contributed by atoms with Crippen molar-refractivity contribution in [2.75, 3.05) is 0 Å². The van der Waals surface area contributed by atoms with Crippen molar-refractivity contribution in [1.29, 1.82) is 0 Å². The van der Waals surface area contributed by atoms with Gasteiger partial charge in [-0.1, -0.05) is 42.5 Å². The Hall–Kier alpha value is -2.20. The van der Waals surface area contributed by atoms with E-state index in [9.17, 15) is 4.79 Å². The predicted molar refractivity (Wildman–Crippen MR) is 73.6 cm³/mol. The van der Waals surface area contributed by atoms with Gasteiger partial charge in [-0.3, -0.25) is 4.79 Å². The Morgan fingerprint density at radius 3 is 2.56 bits per heavy atom. The molecule has 3 aromatic rings. The number of primary amides is 1. The zero-order valence-corrected chi connectivity index (χ0v) is 10.3. The molecule has 0 aliphatic rings. The number of aromatic nitrogens is 1. The Bertz CT molecular complexity index is 719. The number of carbonyl (C=O) groups is 1. The second kappa shape index (κ2) is 4.23. The topological polar surface area (TPSA) is 56.0 Å². The number of benzene rings is 2. The van der Waals surface area contributed by atoms with Crippen LogP contribution >= 0.6 is 11.3 Å². The monoisotopic (exact) mass is 254 g/mol. The Labute approximate surface area is 108 Å². The molecule has 0 bridgehead atoms. The molecule has 3 rings (SSSR count). The van der Waals surface area contributed by atoms with Gasteiger partial charge in [-0.15, -0.1) is 11.3 Å². The number of hydrogen-bond acceptors (Lipinski definition) is 3. The van der Waals surface area contributed by atoms with Crippen LogP contribution in [-0.2, 0) is 0 Å². The maximum Gasteiger partial charge on any atom is 0.277 e. The summed E-state index contributed by atoms with van der Waals surface area (Å²) in [6.45, 7) is 0. The molecule has 0 aliphatic carbocycles. The first kappa shape index (κ1) is 10.9. The Morgan fingerprint density at radius 1 is 1.06 bits per heavy atom. The van der Waals surface area contributed by atoms with Crippen molar-refractivity contribution in [2.24, 2.45) is 5.73 Å². The van der Waals surface area contributed by atoms with E-state index >= 15 is 0 Å². The molecule has 0 radical (unpaired) electrons. The number of amides is 1. The molecule has 2 N–H and O–H groups in total. The largest absolute Gasteiger partial charge is 0.364 e. The van der Waals surface area contributed by atoms with Crippen LogP contribution in [0.5, 0.6) is 0 Å². The first-order valence-electron chi connectivity index (χ1n) is 5.50. The second-order valence-corrected chi connectivity index (χ2v) is 4.90. The highest BCUT2D eigenvalue weighted by Gasteiger charge is 2.12. The quantitative estimate of drug-likeness (QED) is 0.764. The van der Waals surface area contributed by atoms with Crippen LogP contribution in [0, 0.1) is 0 Å². The summed E-state index contributed by atoms with van der Waals surface area (Å²) in [7, 11) is 0. The van der Waals surface area contributed by atoms with Crippen LogP contribution in [0.2, 0.25) is 0 Å². The molecule has 3 nitrogen and oxygen atoms in total. The van der Waals surface area contributed by atoms with E-state index in [-0.39, 0.29) is 0 Å². The summed E-state index contributed by atoms with van der Waals surface area (Å²) in [5.41, 5.74) is 8.29. The normalized spacial score (nSPS) is 10.7. The second-order valence-electron chi connectivity index (χ2n) is 3.90. The molecule has 88 valence electrons. The standard InChI is InChI=1S/C14H10N2OS/c15-13(17)14-16-11-8-4-7-10(12(11)18-14)9-5-2-1-3-6-9/h1-8H,(H2,15,17). The highest BCUT2D eigenvalue weighted by atomic mass is 32.1. The summed E-state index contributed by atoms with van der Waals surface area (Å²) < 4.78 is 0.998. The third kappa shape index (κ3) is 1.76. The molecule has 0 aliphatic heterocycles. The van der Waals surface area contributed by atoms with E-state index in [1.165, 1.54) is 11.3 Å². The van der Waals surface area contributed by atoms with Crippen LogP contribution in [0.4, 0.5) is 0 Å². The van der Waals surface area contributed by atoms with Crippen LogP contribution in [0.25, 0.3) is 21.3 Å². The van der Waals surface area contributed by atoms with Gasteiger partial charge in [0.25, 0.3) is 5.91 Å². The van der Waals surface area contributed by atoms with Crippen molar-refractivity contribution in [2.45, 2.75) is 0 Å². The summed E-state index contributed by atoms with van der Waals surface area (Å²) >= 11 is 1.34. The van der Waals surface area contributed by atoms with Crippen molar-refractivity contribution in [1.82, 2.24) is 4.98 Å². The van der Waals surface area contributed by atoms with Gasteiger partial charge in [0, 0.05) is 5.56 Å². The van der Waals surface area contributed by atoms with E-state index in [2.05, 4.69) is 4.98 Å². The van der Waals surface area contributed by atoms with Crippen LogP contribution in [0.3, 0.4) is 0 Å². The first-order chi connectivity index (χ1) is 8.75. The average Bonchev–Trinajstić information content (AvgIpc) is 2.83. The van der Waals surface area contributed by atoms with Gasteiger partial charge in [-0.05, 0) is 11.6 Å². The van der Waals surface area contributed by atoms with E-state index in [4.69, 9.17) is 5.73 Å². The minimum atomic E-state index is -0.477. The lowest BCUT2D eigenvalue weighted by molar-refractivity contribution is 0.1000. The van der Waals surface area contributed by atoms with Gasteiger partial charge in [0.05, 0.1) is 10.2 Å². The third-order valence-electron chi connectivity index (χ3n) is 2.71. The zero-order chi connectivity index (χ0) is 12.5. The van der Waals surface area contributed by atoms with Crippen LogP contribution < -0.4 is 5.73 Å². The van der Waals surface area contributed by atoms with Crippen LogP contribution in [0.1, 0.15) is 9.80 Å². The molecule has 0 saturated carbocycles. The molecule has 0 saturated heterocycles. The van der Waals surface area contributed by atoms with Crippen LogP contribution in [0.15, 0.2) is 48.5 Å². The number of hydrogen-bond donors (Lipinski definition) is 1. The minimum Gasteiger partial charge on any atom is -0.364 e. The lowest BCUT2D eigenvalue weighted by Gasteiger charge is -2.01. The van der Waals surface area contributed by atoms with Crippen molar-refractivity contribution in [3.63, 3.8) is 0 Å². The fourth-order valence-corrected chi connectivity index (χ4v) is 2.85. The van der Waals surface area contributed by atoms with Gasteiger partial charge in [0.15, 0.2) is 5.01 Å². The molecule has 1 heterocycles. The van der Waals surface area contributed by atoms with Gasteiger partial charge in [0.2, 0.25) is 0 Å². The van der Waals surface area contributed by atoms with Gasteiger partial charge >= 0.3 is 0 Å². The van der Waals surface area contributed by atoms with Gasteiger partial charge < -0.3 is 5.73 Å². The molecule has 0 fully saturated rings. The Morgan fingerprint density at radius 2 is 1.83 bits per heavy atom. The zero-order valence-electron chi connectivity index (χ0n) is 9.46. The molecule has 4 heteroatoms. The summed E-state index contributed by atoms with van der Waals surface area (Å²) in [4.78, 5) is 15.4. The predicted octanol–water partition coefficient (Wildman–Crippen LogP) is 3.06. The number of carbonyl (C=O) groups excluding carboxylic acids is 1. The van der Waals surface area contributed by atoms with E-state index in [1.807, 2.05) is 48.5 Å². The molecular weight excluding hydrogens is 244 g/mol. The molecule has 0 atom stereocenters. The Kier molecular flexibility index (Phi) is 2.57. The number of thiazole rings is 1. The number of nitrogens with two attached hydrogens (primary N) is 1. The summed E-state index contributed by atoms with van der Waals surface area (Å²) in [6, 6.07) is 15.9. The van der Waals surface area contributed by atoms with E-state index in [0.717, 1.165) is 21.3 Å². The lowest BCUT2D eigenvalue weighted by Crippen LogP contribution is -2.09. The van der Waals surface area contributed by atoms with Crippen molar-refractivity contribution >= 4 is 27.5 Å². The van der Waals surface area contributed by atoms with Crippen molar-refractivity contribution in [3.05, 3.63) is 53.5 Å². The fourth-order valence-electron chi connectivity index (χ4n) is 1.90. The smallest absolute Gasteiger partial charge is 0.277 e. The summed E-state index contributed by atoms with van der Waals surface area (Å²) in [6.07, 6.45) is 0. The molecule has 2 aromatic carbocycles. The van der Waals surface area contributed by atoms with Gasteiger partial charge in [-0.2, -0.15) is 0 Å². The molecule has 0 unspecified atom stereocenters. The highest BCUT2D eigenvalue weighted by molar-refractivity contribution is 7.20. The Balaban J connectivity index is 2.27. The summed E-state index contributed by atoms with van der Waals surface area (Å²) in [5, 5.41) is 0.355. The maximum absolute atomic E-state index is 11.2. The SMILES string of the molecule is NC(=O)c1nc2cccc(-c3ccccc3)c2s1. The molecule has 18 heavy (non-hydrogen) atoms. The molecule has 1 aromatic heterocycles. The van der Waals surface area contributed by atoms with Crippen molar-refractivity contribution in [3.8, 4) is 11.1 Å². The fraction of sp³-hybridized carbons (Fsp3) is 0. The number of rotatable bonds is 2.